The van der Waals surface area contributed by atoms with Crippen LogP contribution in [0.25, 0.3) is 0 Å². The molecule has 6 heteroatoms. The molecular formula is C23H29NO5. The molecule has 1 aromatic rings. The second kappa shape index (κ2) is 6.22. The van der Waals surface area contributed by atoms with Crippen molar-refractivity contribution < 1.29 is 24.1 Å². The van der Waals surface area contributed by atoms with Gasteiger partial charge < -0.3 is 24.2 Å². The standard InChI is InChI=1S/C23H29NO5/c1-5-27-21(26)22(2,3)29-17-9-6-13-12-15-14-7-8-16(25)20-23(14,10-11-24(15)4)18(13)19(17)28-20/h6-9,14-16,20,25H,5,10-12H2,1-4H3/t14?,15-,16+,20+,23+/m1/s1. The van der Waals surface area contributed by atoms with E-state index < -0.39 is 17.7 Å². The van der Waals surface area contributed by atoms with Crippen LogP contribution in [-0.2, 0) is 21.4 Å². The fraction of sp³-hybridized carbons (Fsp3) is 0.609. The van der Waals surface area contributed by atoms with Crippen LogP contribution in [-0.4, -0.2) is 60.0 Å². The number of aliphatic hydroxyl groups excluding tert-OH is 1. The number of carbonyl (C=O) groups is 1. The molecule has 1 fully saturated rings. The lowest BCUT2D eigenvalue weighted by Gasteiger charge is -2.56. The van der Waals surface area contributed by atoms with Crippen LogP contribution in [0.1, 0.15) is 38.3 Å². The Morgan fingerprint density at radius 1 is 1.38 bits per heavy atom. The molecule has 4 aliphatic rings. The third kappa shape index (κ3) is 2.45. The summed E-state index contributed by atoms with van der Waals surface area (Å²) in [5, 5.41) is 10.8. The third-order valence-corrected chi connectivity index (χ3v) is 7.27. The molecule has 2 bridgehead atoms. The predicted molar refractivity (Wildman–Crippen MR) is 107 cm³/mol. The molecule has 156 valence electrons. The van der Waals surface area contributed by atoms with E-state index in [4.69, 9.17) is 14.2 Å². The molecule has 0 saturated carbocycles. The van der Waals surface area contributed by atoms with Gasteiger partial charge in [-0.3, -0.25) is 0 Å². The molecule has 6 nitrogen and oxygen atoms in total. The molecule has 1 saturated heterocycles. The smallest absolute Gasteiger partial charge is 0.349 e. The number of likely N-dealkylation sites (tertiary alicyclic amines) is 1. The molecule has 2 aliphatic carbocycles. The van der Waals surface area contributed by atoms with E-state index in [-0.39, 0.29) is 11.5 Å². The zero-order chi connectivity index (χ0) is 20.6. The van der Waals surface area contributed by atoms with E-state index in [1.807, 2.05) is 12.1 Å². The SMILES string of the molecule is CCOC(=O)C(C)(C)Oc1ccc2c3c1O[C@H]1[C@@H](O)C=CC4[C@@H](C2)N(C)CC[C@@]341. The van der Waals surface area contributed by atoms with Gasteiger partial charge in [0.1, 0.15) is 12.2 Å². The normalized spacial score (nSPS) is 34.4. The van der Waals surface area contributed by atoms with Gasteiger partial charge in [-0.2, -0.15) is 0 Å². The highest BCUT2D eigenvalue weighted by Gasteiger charge is 2.64. The van der Waals surface area contributed by atoms with Crippen LogP contribution in [0.15, 0.2) is 24.3 Å². The van der Waals surface area contributed by atoms with Gasteiger partial charge in [0, 0.05) is 22.9 Å². The highest BCUT2D eigenvalue weighted by molar-refractivity contribution is 5.79. The Morgan fingerprint density at radius 2 is 2.17 bits per heavy atom. The molecule has 2 aliphatic heterocycles. The van der Waals surface area contributed by atoms with E-state index in [1.54, 1.807) is 20.8 Å². The van der Waals surface area contributed by atoms with E-state index in [2.05, 4.69) is 24.1 Å². The number of ether oxygens (including phenoxy) is 3. The Kier molecular flexibility index (Phi) is 4.07. The van der Waals surface area contributed by atoms with E-state index in [0.717, 1.165) is 19.4 Å². The van der Waals surface area contributed by atoms with Gasteiger partial charge in [0.2, 0.25) is 0 Å². The van der Waals surface area contributed by atoms with Gasteiger partial charge in [-0.15, -0.1) is 0 Å². The summed E-state index contributed by atoms with van der Waals surface area (Å²) in [5.74, 6) is 1.14. The minimum Gasteiger partial charge on any atom is -0.482 e. The molecule has 1 aromatic carbocycles. The summed E-state index contributed by atoms with van der Waals surface area (Å²) in [5.41, 5.74) is 1.08. The summed E-state index contributed by atoms with van der Waals surface area (Å²) in [6.07, 6.45) is 4.99. The Morgan fingerprint density at radius 3 is 2.93 bits per heavy atom. The topological polar surface area (TPSA) is 68.2 Å². The summed E-state index contributed by atoms with van der Waals surface area (Å²) < 4.78 is 17.8. The number of nitrogens with zero attached hydrogens (tertiary/aromatic N) is 1. The lowest BCUT2D eigenvalue weighted by atomic mass is 9.53. The van der Waals surface area contributed by atoms with Crippen molar-refractivity contribution in [1.82, 2.24) is 4.90 Å². The molecule has 1 unspecified atom stereocenters. The predicted octanol–water partition coefficient (Wildman–Crippen LogP) is 2.21. The molecule has 5 rings (SSSR count). The molecule has 5 atom stereocenters. The van der Waals surface area contributed by atoms with Gasteiger partial charge in [-0.25, -0.2) is 4.79 Å². The van der Waals surface area contributed by atoms with Gasteiger partial charge >= 0.3 is 5.97 Å². The van der Waals surface area contributed by atoms with Gasteiger partial charge in [0.05, 0.1) is 6.61 Å². The minimum atomic E-state index is -1.13. The molecule has 1 spiro atoms. The van der Waals surface area contributed by atoms with Crippen molar-refractivity contribution in [3.63, 3.8) is 0 Å². The number of carbonyl (C=O) groups excluding carboxylic acids is 1. The summed E-state index contributed by atoms with van der Waals surface area (Å²) in [7, 11) is 2.19. The average Bonchev–Trinajstić information content (AvgIpc) is 3.03. The number of aliphatic hydroxyl groups is 1. The minimum absolute atomic E-state index is 0.234. The van der Waals surface area contributed by atoms with Crippen molar-refractivity contribution in [1.29, 1.82) is 0 Å². The van der Waals surface area contributed by atoms with Crippen molar-refractivity contribution in [2.75, 3.05) is 20.2 Å². The van der Waals surface area contributed by atoms with Gasteiger partial charge in [0.15, 0.2) is 17.1 Å². The van der Waals surface area contributed by atoms with Crippen LogP contribution in [0.4, 0.5) is 0 Å². The van der Waals surface area contributed by atoms with Crippen molar-refractivity contribution in [3.05, 3.63) is 35.4 Å². The van der Waals surface area contributed by atoms with Crippen molar-refractivity contribution in [3.8, 4) is 11.5 Å². The van der Waals surface area contributed by atoms with E-state index in [9.17, 15) is 9.90 Å². The first kappa shape index (κ1) is 18.9. The third-order valence-electron chi connectivity index (χ3n) is 7.27. The average molecular weight is 399 g/mol. The Balaban J connectivity index is 1.62. The zero-order valence-electron chi connectivity index (χ0n) is 17.5. The van der Waals surface area contributed by atoms with Crippen LogP contribution in [0.2, 0.25) is 0 Å². The number of hydrogen-bond acceptors (Lipinski definition) is 6. The van der Waals surface area contributed by atoms with E-state index in [1.165, 1.54) is 11.1 Å². The second-order valence-corrected chi connectivity index (χ2v) is 9.24. The maximum atomic E-state index is 12.4. The lowest BCUT2D eigenvalue weighted by Crippen LogP contribution is -2.64. The highest BCUT2D eigenvalue weighted by atomic mass is 16.6. The van der Waals surface area contributed by atoms with Gasteiger partial charge in [-0.05, 0) is 58.8 Å². The van der Waals surface area contributed by atoms with Gasteiger partial charge in [-0.1, -0.05) is 18.2 Å². The maximum absolute atomic E-state index is 12.4. The van der Waals surface area contributed by atoms with Crippen molar-refractivity contribution in [2.45, 2.75) is 62.9 Å². The number of esters is 1. The van der Waals surface area contributed by atoms with Crippen molar-refractivity contribution >= 4 is 5.97 Å². The van der Waals surface area contributed by atoms with Crippen LogP contribution in [0.3, 0.4) is 0 Å². The Bertz CT molecular complexity index is 893. The number of hydrogen-bond donors (Lipinski definition) is 1. The Labute approximate surface area is 171 Å². The van der Waals surface area contributed by atoms with Crippen LogP contribution < -0.4 is 9.47 Å². The van der Waals surface area contributed by atoms with Crippen LogP contribution >= 0.6 is 0 Å². The quantitative estimate of drug-likeness (QED) is 0.619. The number of likely N-dealkylation sites (N-methyl/N-ethyl adjacent to an activating group) is 1. The number of rotatable bonds is 4. The summed E-state index contributed by atoms with van der Waals surface area (Å²) in [6.45, 7) is 6.48. The van der Waals surface area contributed by atoms with Gasteiger partial charge in [0.25, 0.3) is 0 Å². The summed E-state index contributed by atoms with van der Waals surface area (Å²) >= 11 is 0. The van der Waals surface area contributed by atoms with Crippen LogP contribution in [0.5, 0.6) is 11.5 Å². The Hall–Kier alpha value is -2.05. The first-order chi connectivity index (χ1) is 13.8. The van der Waals surface area contributed by atoms with E-state index in [0.29, 0.717) is 30.1 Å². The zero-order valence-corrected chi connectivity index (χ0v) is 17.5. The monoisotopic (exact) mass is 399 g/mol. The summed E-state index contributed by atoms with van der Waals surface area (Å²) in [6, 6.07) is 4.41. The molecule has 2 heterocycles. The lowest BCUT2D eigenvalue weighted by molar-refractivity contribution is -0.158. The highest BCUT2D eigenvalue weighted by Crippen LogP contribution is 2.62. The molecule has 29 heavy (non-hydrogen) atoms. The number of benzene rings is 1. The summed E-state index contributed by atoms with van der Waals surface area (Å²) in [4.78, 5) is 14.8. The first-order valence-electron chi connectivity index (χ1n) is 10.6. The first-order valence-corrected chi connectivity index (χ1v) is 10.6. The molecule has 0 amide bonds. The largest absolute Gasteiger partial charge is 0.482 e. The molecular weight excluding hydrogens is 370 g/mol. The van der Waals surface area contributed by atoms with E-state index >= 15 is 0 Å². The second-order valence-electron chi connectivity index (χ2n) is 9.24. The fourth-order valence-electron chi connectivity index (χ4n) is 5.93. The fourth-order valence-corrected chi connectivity index (χ4v) is 5.93. The number of piperidine rings is 1. The molecule has 0 radical (unpaired) electrons. The molecule has 1 N–H and O–H groups in total. The maximum Gasteiger partial charge on any atom is 0.349 e. The van der Waals surface area contributed by atoms with Crippen LogP contribution in [0, 0.1) is 5.92 Å². The van der Waals surface area contributed by atoms with Crippen molar-refractivity contribution in [2.24, 2.45) is 5.92 Å². The molecule has 0 aromatic heterocycles.